The number of rotatable bonds is 4. The van der Waals surface area contributed by atoms with Crippen molar-refractivity contribution in [2.75, 3.05) is 0 Å². The molecular weight excluding hydrogens is 276 g/mol. The van der Waals surface area contributed by atoms with Crippen LogP contribution in [0.15, 0.2) is 41.0 Å². The van der Waals surface area contributed by atoms with Gasteiger partial charge in [-0.15, -0.1) is 10.2 Å². The summed E-state index contributed by atoms with van der Waals surface area (Å²) in [6, 6.07) is 12.5. The number of benzene rings is 1. The van der Waals surface area contributed by atoms with E-state index in [1.165, 1.54) is 18.4 Å². The molecule has 0 aliphatic heterocycles. The van der Waals surface area contributed by atoms with Gasteiger partial charge in [-0.2, -0.15) is 0 Å². The van der Waals surface area contributed by atoms with Gasteiger partial charge in [0.2, 0.25) is 0 Å². The standard InChI is InChI=1S/C14H15BrN2/c1-2-3-4-11-5-7-12(8-6-11)13-9-10-14(15)17-16-13/h5-10H,2-4H2,1H3. The summed E-state index contributed by atoms with van der Waals surface area (Å²) >= 11 is 3.28. The fraction of sp³-hybridized carbons (Fsp3) is 0.286. The van der Waals surface area contributed by atoms with Gasteiger partial charge >= 0.3 is 0 Å². The number of unbranched alkanes of at least 4 members (excludes halogenated alkanes) is 1. The van der Waals surface area contributed by atoms with Crippen molar-refractivity contribution in [2.24, 2.45) is 0 Å². The molecule has 0 saturated carbocycles. The van der Waals surface area contributed by atoms with Crippen molar-refractivity contribution in [2.45, 2.75) is 26.2 Å². The second kappa shape index (κ2) is 5.92. The highest BCUT2D eigenvalue weighted by molar-refractivity contribution is 9.10. The molecule has 0 amide bonds. The van der Waals surface area contributed by atoms with Crippen LogP contribution in [0.3, 0.4) is 0 Å². The largest absolute Gasteiger partial charge is 0.149 e. The zero-order chi connectivity index (χ0) is 12.1. The predicted octanol–water partition coefficient (Wildman–Crippen LogP) is 4.25. The van der Waals surface area contributed by atoms with Gasteiger partial charge in [0.15, 0.2) is 0 Å². The van der Waals surface area contributed by atoms with E-state index in [0.717, 1.165) is 22.3 Å². The topological polar surface area (TPSA) is 25.8 Å². The summed E-state index contributed by atoms with van der Waals surface area (Å²) in [5.41, 5.74) is 3.42. The van der Waals surface area contributed by atoms with Gasteiger partial charge in [0.1, 0.15) is 4.60 Å². The van der Waals surface area contributed by atoms with Crippen LogP contribution in [0.5, 0.6) is 0 Å². The molecule has 0 aliphatic carbocycles. The first-order chi connectivity index (χ1) is 8.29. The van der Waals surface area contributed by atoms with Gasteiger partial charge < -0.3 is 0 Å². The molecule has 88 valence electrons. The van der Waals surface area contributed by atoms with Crippen LogP contribution in [0.2, 0.25) is 0 Å². The van der Waals surface area contributed by atoms with Crippen LogP contribution in [0, 0.1) is 0 Å². The van der Waals surface area contributed by atoms with E-state index in [-0.39, 0.29) is 0 Å². The van der Waals surface area contributed by atoms with E-state index < -0.39 is 0 Å². The van der Waals surface area contributed by atoms with Crippen molar-refractivity contribution >= 4 is 15.9 Å². The summed E-state index contributed by atoms with van der Waals surface area (Å²) in [5, 5.41) is 8.14. The second-order valence-corrected chi connectivity index (χ2v) is 4.85. The molecule has 1 aromatic heterocycles. The van der Waals surface area contributed by atoms with Gasteiger partial charge in [-0.1, -0.05) is 37.6 Å². The molecule has 2 nitrogen and oxygen atoms in total. The minimum Gasteiger partial charge on any atom is -0.149 e. The van der Waals surface area contributed by atoms with Crippen LogP contribution in [0.1, 0.15) is 25.3 Å². The Hall–Kier alpha value is -1.22. The molecule has 0 aliphatic rings. The van der Waals surface area contributed by atoms with Crippen molar-refractivity contribution in [3.63, 3.8) is 0 Å². The number of aromatic nitrogens is 2. The maximum Gasteiger partial charge on any atom is 0.128 e. The lowest BCUT2D eigenvalue weighted by molar-refractivity contribution is 0.795. The first-order valence-corrected chi connectivity index (χ1v) is 6.67. The van der Waals surface area contributed by atoms with E-state index >= 15 is 0 Å². The molecule has 0 atom stereocenters. The molecule has 1 aromatic carbocycles. The highest BCUT2D eigenvalue weighted by atomic mass is 79.9. The average Bonchev–Trinajstić information content (AvgIpc) is 2.38. The molecule has 0 fully saturated rings. The number of hydrogen-bond donors (Lipinski definition) is 0. The Morgan fingerprint density at radius 1 is 1.00 bits per heavy atom. The van der Waals surface area contributed by atoms with Gasteiger partial charge in [-0.05, 0) is 46.5 Å². The quantitative estimate of drug-likeness (QED) is 0.841. The third kappa shape index (κ3) is 3.37. The minimum absolute atomic E-state index is 0.765. The van der Waals surface area contributed by atoms with Gasteiger partial charge in [0, 0.05) is 5.56 Å². The Balaban J connectivity index is 2.14. The molecule has 0 bridgehead atoms. The van der Waals surface area contributed by atoms with E-state index in [0.29, 0.717) is 0 Å². The Morgan fingerprint density at radius 3 is 2.35 bits per heavy atom. The highest BCUT2D eigenvalue weighted by Gasteiger charge is 2.00. The Morgan fingerprint density at radius 2 is 1.76 bits per heavy atom. The zero-order valence-electron chi connectivity index (χ0n) is 9.86. The molecule has 3 heteroatoms. The lowest BCUT2D eigenvalue weighted by atomic mass is 10.0. The number of aryl methyl sites for hydroxylation is 1. The van der Waals surface area contributed by atoms with Crippen LogP contribution in [-0.2, 0) is 6.42 Å². The summed E-state index contributed by atoms with van der Waals surface area (Å²) in [7, 11) is 0. The maximum absolute atomic E-state index is 4.14. The van der Waals surface area contributed by atoms with Crippen molar-refractivity contribution < 1.29 is 0 Å². The molecular formula is C14H15BrN2. The Bertz CT molecular complexity index is 463. The predicted molar refractivity (Wildman–Crippen MR) is 73.8 cm³/mol. The summed E-state index contributed by atoms with van der Waals surface area (Å²) in [4.78, 5) is 0. The average molecular weight is 291 g/mol. The zero-order valence-corrected chi connectivity index (χ0v) is 11.4. The monoisotopic (exact) mass is 290 g/mol. The Labute approximate surface area is 110 Å². The Kier molecular flexibility index (Phi) is 4.26. The van der Waals surface area contributed by atoms with E-state index in [1.807, 2.05) is 12.1 Å². The third-order valence-electron chi connectivity index (χ3n) is 2.70. The molecule has 0 spiro atoms. The number of nitrogens with zero attached hydrogens (tertiary/aromatic N) is 2. The van der Waals surface area contributed by atoms with Gasteiger partial charge in [-0.3, -0.25) is 0 Å². The molecule has 17 heavy (non-hydrogen) atoms. The molecule has 1 heterocycles. The minimum atomic E-state index is 0.765. The van der Waals surface area contributed by atoms with Crippen molar-refractivity contribution in [3.8, 4) is 11.3 Å². The summed E-state index contributed by atoms with van der Waals surface area (Å²) < 4.78 is 0.765. The molecule has 0 saturated heterocycles. The van der Waals surface area contributed by atoms with Crippen molar-refractivity contribution in [1.29, 1.82) is 0 Å². The van der Waals surface area contributed by atoms with Crippen LogP contribution >= 0.6 is 15.9 Å². The van der Waals surface area contributed by atoms with Crippen LogP contribution in [-0.4, -0.2) is 10.2 Å². The van der Waals surface area contributed by atoms with Gasteiger partial charge in [0.25, 0.3) is 0 Å². The van der Waals surface area contributed by atoms with Crippen LogP contribution in [0.25, 0.3) is 11.3 Å². The molecule has 2 aromatic rings. The summed E-state index contributed by atoms with van der Waals surface area (Å²) in [6.07, 6.45) is 3.64. The number of hydrogen-bond acceptors (Lipinski definition) is 2. The van der Waals surface area contributed by atoms with E-state index in [4.69, 9.17) is 0 Å². The van der Waals surface area contributed by atoms with Crippen molar-refractivity contribution in [1.82, 2.24) is 10.2 Å². The second-order valence-electron chi connectivity index (χ2n) is 4.04. The molecule has 0 unspecified atom stereocenters. The van der Waals surface area contributed by atoms with E-state index in [1.54, 1.807) is 0 Å². The highest BCUT2D eigenvalue weighted by Crippen LogP contribution is 2.18. The van der Waals surface area contributed by atoms with E-state index in [9.17, 15) is 0 Å². The fourth-order valence-electron chi connectivity index (χ4n) is 1.69. The van der Waals surface area contributed by atoms with E-state index in [2.05, 4.69) is 57.3 Å². The summed E-state index contributed by atoms with van der Waals surface area (Å²) in [6.45, 7) is 2.21. The van der Waals surface area contributed by atoms with Crippen molar-refractivity contribution in [3.05, 3.63) is 46.6 Å². The van der Waals surface area contributed by atoms with Gasteiger partial charge in [-0.25, -0.2) is 0 Å². The molecule has 2 rings (SSSR count). The van der Waals surface area contributed by atoms with Crippen LogP contribution < -0.4 is 0 Å². The lowest BCUT2D eigenvalue weighted by Gasteiger charge is -2.03. The van der Waals surface area contributed by atoms with Gasteiger partial charge in [0.05, 0.1) is 5.69 Å². The first-order valence-electron chi connectivity index (χ1n) is 5.88. The maximum atomic E-state index is 4.14. The number of halogens is 1. The molecule has 0 radical (unpaired) electrons. The third-order valence-corrected chi connectivity index (χ3v) is 3.12. The summed E-state index contributed by atoms with van der Waals surface area (Å²) in [5.74, 6) is 0. The SMILES string of the molecule is CCCCc1ccc(-c2ccc(Br)nn2)cc1. The lowest BCUT2D eigenvalue weighted by Crippen LogP contribution is -1.89. The first kappa shape index (κ1) is 12.2. The van der Waals surface area contributed by atoms with Crippen LogP contribution in [0.4, 0.5) is 0 Å². The molecule has 0 N–H and O–H groups in total. The normalized spacial score (nSPS) is 10.5. The smallest absolute Gasteiger partial charge is 0.128 e. The fourth-order valence-corrected chi connectivity index (χ4v) is 1.90.